The molecule has 0 aromatic carbocycles. The van der Waals surface area contributed by atoms with Gasteiger partial charge in [0.1, 0.15) is 0 Å². The lowest BCUT2D eigenvalue weighted by molar-refractivity contribution is -0.132. The lowest BCUT2D eigenvalue weighted by Gasteiger charge is -2.23. The SMILES string of the molecule is CC(C)CCC(=O)N1CCC2CNCC21. The molecular weight excluding hydrogens is 188 g/mol. The largest absolute Gasteiger partial charge is 0.338 e. The lowest BCUT2D eigenvalue weighted by atomic mass is 10.0. The number of amides is 1. The highest BCUT2D eigenvalue weighted by Crippen LogP contribution is 2.27. The Hall–Kier alpha value is -0.570. The van der Waals surface area contributed by atoms with Crippen molar-refractivity contribution < 1.29 is 4.79 Å². The average Bonchev–Trinajstić information content (AvgIpc) is 2.74. The summed E-state index contributed by atoms with van der Waals surface area (Å²) in [5.74, 6) is 1.74. The minimum atomic E-state index is 0.375. The quantitative estimate of drug-likeness (QED) is 0.760. The molecule has 2 fully saturated rings. The van der Waals surface area contributed by atoms with Crippen molar-refractivity contribution in [2.75, 3.05) is 19.6 Å². The number of nitrogens with zero attached hydrogens (tertiary/aromatic N) is 1. The zero-order valence-corrected chi connectivity index (χ0v) is 9.83. The van der Waals surface area contributed by atoms with E-state index in [0.717, 1.165) is 38.4 Å². The minimum absolute atomic E-state index is 0.375. The Bertz CT molecular complexity index is 240. The zero-order valence-electron chi connectivity index (χ0n) is 9.83. The third-order valence-corrected chi connectivity index (χ3v) is 3.70. The van der Waals surface area contributed by atoms with Crippen LogP contribution in [0.3, 0.4) is 0 Å². The van der Waals surface area contributed by atoms with Gasteiger partial charge in [0.15, 0.2) is 0 Å². The molecule has 0 radical (unpaired) electrons. The Kier molecular flexibility index (Phi) is 3.29. The van der Waals surface area contributed by atoms with Gasteiger partial charge in [-0.25, -0.2) is 0 Å². The second-order valence-electron chi connectivity index (χ2n) is 5.29. The molecule has 2 unspecified atom stereocenters. The molecule has 1 N–H and O–H groups in total. The Morgan fingerprint density at radius 1 is 1.47 bits per heavy atom. The maximum atomic E-state index is 12.0. The monoisotopic (exact) mass is 210 g/mol. The van der Waals surface area contributed by atoms with Crippen LogP contribution in [-0.2, 0) is 4.79 Å². The number of fused-ring (bicyclic) bond motifs is 1. The molecule has 0 aromatic heterocycles. The summed E-state index contributed by atoms with van der Waals surface area (Å²) in [6.45, 7) is 7.47. The number of carbonyl (C=O) groups is 1. The Balaban J connectivity index is 1.85. The van der Waals surface area contributed by atoms with Gasteiger partial charge in [-0.3, -0.25) is 4.79 Å². The zero-order chi connectivity index (χ0) is 10.8. The van der Waals surface area contributed by atoms with Gasteiger partial charge in [0, 0.05) is 32.1 Å². The van der Waals surface area contributed by atoms with Crippen molar-refractivity contribution in [3.8, 4) is 0 Å². The molecule has 3 heteroatoms. The van der Waals surface area contributed by atoms with E-state index in [1.807, 2.05) is 0 Å². The van der Waals surface area contributed by atoms with Crippen molar-refractivity contribution in [1.29, 1.82) is 0 Å². The smallest absolute Gasteiger partial charge is 0.222 e. The van der Waals surface area contributed by atoms with Gasteiger partial charge in [-0.2, -0.15) is 0 Å². The van der Waals surface area contributed by atoms with Gasteiger partial charge in [-0.15, -0.1) is 0 Å². The summed E-state index contributed by atoms with van der Waals surface area (Å²) in [5, 5.41) is 3.38. The molecule has 2 rings (SSSR count). The molecule has 0 aromatic rings. The molecule has 2 saturated heterocycles. The lowest BCUT2D eigenvalue weighted by Crippen LogP contribution is -2.39. The molecule has 2 heterocycles. The predicted octanol–water partition coefficient (Wildman–Crippen LogP) is 1.24. The number of hydrogen-bond acceptors (Lipinski definition) is 2. The van der Waals surface area contributed by atoms with Crippen LogP contribution >= 0.6 is 0 Å². The van der Waals surface area contributed by atoms with E-state index >= 15 is 0 Å². The number of nitrogens with one attached hydrogen (secondary N) is 1. The molecule has 0 spiro atoms. The first-order chi connectivity index (χ1) is 7.18. The molecule has 0 saturated carbocycles. The van der Waals surface area contributed by atoms with Gasteiger partial charge < -0.3 is 10.2 Å². The highest BCUT2D eigenvalue weighted by Gasteiger charge is 2.39. The molecule has 15 heavy (non-hydrogen) atoms. The van der Waals surface area contributed by atoms with Crippen LogP contribution in [0.4, 0.5) is 0 Å². The second kappa shape index (κ2) is 4.52. The van der Waals surface area contributed by atoms with E-state index in [4.69, 9.17) is 0 Å². The van der Waals surface area contributed by atoms with Crippen LogP contribution in [0, 0.1) is 11.8 Å². The average molecular weight is 210 g/mol. The molecule has 0 bridgehead atoms. The molecule has 86 valence electrons. The van der Waals surface area contributed by atoms with Gasteiger partial charge in [0.25, 0.3) is 0 Å². The number of likely N-dealkylation sites (tertiary alicyclic amines) is 1. The third-order valence-electron chi connectivity index (χ3n) is 3.70. The second-order valence-corrected chi connectivity index (χ2v) is 5.29. The van der Waals surface area contributed by atoms with Gasteiger partial charge >= 0.3 is 0 Å². The van der Waals surface area contributed by atoms with Crippen molar-refractivity contribution in [2.24, 2.45) is 11.8 Å². The maximum absolute atomic E-state index is 12.0. The first-order valence-corrected chi connectivity index (χ1v) is 6.18. The van der Waals surface area contributed by atoms with Gasteiger partial charge in [0.05, 0.1) is 0 Å². The van der Waals surface area contributed by atoms with Crippen LogP contribution in [0.5, 0.6) is 0 Å². The third kappa shape index (κ3) is 2.33. The molecule has 2 aliphatic rings. The molecule has 3 nitrogen and oxygen atoms in total. The summed E-state index contributed by atoms with van der Waals surface area (Å²) in [6.07, 6.45) is 2.96. The van der Waals surface area contributed by atoms with Crippen LogP contribution < -0.4 is 5.32 Å². The summed E-state index contributed by atoms with van der Waals surface area (Å²) < 4.78 is 0. The highest BCUT2D eigenvalue weighted by atomic mass is 16.2. The number of carbonyl (C=O) groups excluding carboxylic acids is 1. The summed E-state index contributed by atoms with van der Waals surface area (Å²) >= 11 is 0. The van der Waals surface area contributed by atoms with Crippen molar-refractivity contribution >= 4 is 5.91 Å². The van der Waals surface area contributed by atoms with Crippen molar-refractivity contribution in [1.82, 2.24) is 10.2 Å². The summed E-state index contributed by atoms with van der Waals surface area (Å²) in [5.41, 5.74) is 0. The minimum Gasteiger partial charge on any atom is -0.338 e. The van der Waals surface area contributed by atoms with Crippen LogP contribution in [0.2, 0.25) is 0 Å². The summed E-state index contributed by atoms with van der Waals surface area (Å²) in [7, 11) is 0. The Morgan fingerprint density at radius 3 is 3.00 bits per heavy atom. The maximum Gasteiger partial charge on any atom is 0.222 e. The molecular formula is C12H22N2O. The molecule has 1 amide bonds. The highest BCUT2D eigenvalue weighted by molar-refractivity contribution is 5.77. The molecule has 2 atom stereocenters. The van der Waals surface area contributed by atoms with Crippen LogP contribution in [0.25, 0.3) is 0 Å². The van der Waals surface area contributed by atoms with Gasteiger partial charge in [-0.1, -0.05) is 13.8 Å². The summed E-state index contributed by atoms with van der Waals surface area (Å²) in [4.78, 5) is 14.1. The van der Waals surface area contributed by atoms with E-state index in [9.17, 15) is 4.79 Å². The van der Waals surface area contributed by atoms with E-state index < -0.39 is 0 Å². The van der Waals surface area contributed by atoms with E-state index in [0.29, 0.717) is 17.9 Å². The van der Waals surface area contributed by atoms with Crippen molar-refractivity contribution in [2.45, 2.75) is 39.2 Å². The van der Waals surface area contributed by atoms with Crippen LogP contribution in [-0.4, -0.2) is 36.5 Å². The standard InChI is InChI=1S/C12H22N2O/c1-9(2)3-4-12(15)14-6-5-10-7-13-8-11(10)14/h9-11,13H,3-8H2,1-2H3. The number of rotatable bonds is 3. The van der Waals surface area contributed by atoms with Gasteiger partial charge in [-0.05, 0) is 24.7 Å². The van der Waals surface area contributed by atoms with E-state index in [1.54, 1.807) is 0 Å². The fourth-order valence-electron chi connectivity index (χ4n) is 2.71. The Labute approximate surface area is 92.2 Å². The fourth-order valence-corrected chi connectivity index (χ4v) is 2.71. The van der Waals surface area contributed by atoms with E-state index in [2.05, 4.69) is 24.1 Å². The fraction of sp³-hybridized carbons (Fsp3) is 0.917. The molecule has 0 aliphatic carbocycles. The topological polar surface area (TPSA) is 32.3 Å². The Morgan fingerprint density at radius 2 is 2.27 bits per heavy atom. The van der Waals surface area contributed by atoms with Crippen molar-refractivity contribution in [3.63, 3.8) is 0 Å². The van der Waals surface area contributed by atoms with E-state index in [1.165, 1.54) is 6.42 Å². The van der Waals surface area contributed by atoms with Crippen LogP contribution in [0.1, 0.15) is 33.1 Å². The predicted molar refractivity (Wildman–Crippen MR) is 60.5 cm³/mol. The summed E-state index contributed by atoms with van der Waals surface area (Å²) in [6, 6.07) is 0.504. The normalized spacial score (nSPS) is 29.9. The van der Waals surface area contributed by atoms with Crippen molar-refractivity contribution in [3.05, 3.63) is 0 Å². The first kappa shape index (κ1) is 10.9. The van der Waals surface area contributed by atoms with E-state index in [-0.39, 0.29) is 0 Å². The number of hydrogen-bond donors (Lipinski definition) is 1. The van der Waals surface area contributed by atoms with Crippen LogP contribution in [0.15, 0.2) is 0 Å². The van der Waals surface area contributed by atoms with Gasteiger partial charge in [0.2, 0.25) is 5.91 Å². The molecule has 2 aliphatic heterocycles. The first-order valence-electron chi connectivity index (χ1n) is 6.18.